The molecule has 3 atom stereocenters. The van der Waals surface area contributed by atoms with E-state index in [0.717, 1.165) is 25.8 Å². The minimum Gasteiger partial charge on any atom is -0.493 e. The molecule has 0 saturated carbocycles. The fourth-order valence-corrected chi connectivity index (χ4v) is 4.42. The van der Waals surface area contributed by atoms with E-state index >= 15 is 0 Å². The molecule has 28 heavy (non-hydrogen) atoms. The van der Waals surface area contributed by atoms with Crippen LogP contribution in [-0.2, 0) is 0 Å². The molecule has 1 saturated heterocycles. The lowest BCUT2D eigenvalue weighted by atomic mass is 10.0. The molecule has 1 fully saturated rings. The summed E-state index contributed by atoms with van der Waals surface area (Å²) in [4.78, 5) is 17.1. The van der Waals surface area contributed by atoms with Crippen LogP contribution >= 0.6 is 0 Å². The van der Waals surface area contributed by atoms with E-state index in [4.69, 9.17) is 14.2 Å². The highest BCUT2D eigenvalue weighted by molar-refractivity contribution is 5.96. The normalized spacial score (nSPS) is 23.2. The molecule has 1 aromatic carbocycles. The van der Waals surface area contributed by atoms with Crippen LogP contribution in [-0.4, -0.2) is 57.8 Å². The van der Waals surface area contributed by atoms with Gasteiger partial charge in [0.15, 0.2) is 11.5 Å². The van der Waals surface area contributed by atoms with Crippen LogP contribution < -0.4 is 19.1 Å². The molecule has 6 nitrogen and oxygen atoms in total. The van der Waals surface area contributed by atoms with Crippen LogP contribution in [0.2, 0.25) is 0 Å². The summed E-state index contributed by atoms with van der Waals surface area (Å²) in [5, 5.41) is 0. The molecule has 0 radical (unpaired) electrons. The number of nitrogens with one attached hydrogen (secondary N) is 1. The zero-order chi connectivity index (χ0) is 20.3. The number of fused-ring (bicyclic) bond motifs is 2. The Morgan fingerprint density at radius 1 is 1.14 bits per heavy atom. The first-order chi connectivity index (χ1) is 13.5. The van der Waals surface area contributed by atoms with E-state index in [0.29, 0.717) is 34.9 Å². The van der Waals surface area contributed by atoms with Gasteiger partial charge in [0.05, 0.1) is 34.4 Å². The van der Waals surface area contributed by atoms with E-state index in [1.54, 1.807) is 38.4 Å². The number of unbranched alkanes of at least 4 members (excludes halogenated alkanes) is 1. The van der Waals surface area contributed by atoms with Gasteiger partial charge in [0.1, 0.15) is 6.04 Å². The molecular weight excluding hydrogens is 356 g/mol. The van der Waals surface area contributed by atoms with Crippen LogP contribution in [0.1, 0.15) is 49.4 Å². The van der Waals surface area contributed by atoms with E-state index in [9.17, 15) is 4.79 Å². The SMILES string of the molecule is CCCCN(C(=O)c1cc(OC)c(OC)c(OC)c1)C1=C[C@H]2CC[C@@H](C1)[NH+]2C. The Labute approximate surface area is 168 Å². The standard InChI is InChI=1S/C22H32N2O4/c1-6-7-10-24(18-13-16-8-9-17(14-18)23(16)2)22(25)15-11-19(26-3)21(28-5)20(12-15)27-4/h11-13,16-17H,6-10,14H2,1-5H3/p+1/t16-,17+/m1/s1. The first kappa shape index (κ1) is 20.5. The van der Waals surface area contributed by atoms with Gasteiger partial charge < -0.3 is 24.0 Å². The summed E-state index contributed by atoms with van der Waals surface area (Å²) in [5.41, 5.74) is 1.73. The van der Waals surface area contributed by atoms with Crippen molar-refractivity contribution in [2.75, 3.05) is 34.9 Å². The average Bonchev–Trinajstić information content (AvgIpc) is 2.93. The van der Waals surface area contributed by atoms with Crippen molar-refractivity contribution >= 4 is 5.91 Å². The minimum atomic E-state index is -0.00194. The Morgan fingerprint density at radius 3 is 2.36 bits per heavy atom. The first-order valence-electron chi connectivity index (χ1n) is 10.2. The largest absolute Gasteiger partial charge is 0.493 e. The molecule has 1 unspecified atom stereocenters. The van der Waals surface area contributed by atoms with Crippen molar-refractivity contribution < 1.29 is 23.9 Å². The third-order valence-electron chi connectivity index (χ3n) is 6.14. The van der Waals surface area contributed by atoms with Crippen molar-refractivity contribution in [2.24, 2.45) is 0 Å². The molecule has 2 aliphatic rings. The lowest BCUT2D eigenvalue weighted by Gasteiger charge is -2.33. The van der Waals surface area contributed by atoms with Crippen molar-refractivity contribution in [2.45, 2.75) is 51.1 Å². The minimum absolute atomic E-state index is 0.00194. The Morgan fingerprint density at radius 2 is 1.82 bits per heavy atom. The van der Waals surface area contributed by atoms with Crippen molar-refractivity contribution in [3.8, 4) is 17.2 Å². The number of rotatable bonds is 8. The van der Waals surface area contributed by atoms with Crippen molar-refractivity contribution in [3.05, 3.63) is 29.5 Å². The maximum atomic E-state index is 13.5. The number of nitrogens with zero attached hydrogens (tertiary/aromatic N) is 1. The number of benzene rings is 1. The topological polar surface area (TPSA) is 52.4 Å². The van der Waals surface area contributed by atoms with Gasteiger partial charge in [-0.2, -0.15) is 0 Å². The molecular formula is C22H33N2O4+. The zero-order valence-corrected chi connectivity index (χ0v) is 17.7. The molecule has 0 aromatic heterocycles. The highest BCUT2D eigenvalue weighted by Gasteiger charge is 2.40. The average molecular weight is 390 g/mol. The summed E-state index contributed by atoms with van der Waals surface area (Å²) >= 11 is 0. The number of carbonyl (C=O) groups is 1. The maximum Gasteiger partial charge on any atom is 0.258 e. The Bertz CT molecular complexity index is 721. The van der Waals surface area contributed by atoms with Gasteiger partial charge in [-0.15, -0.1) is 0 Å². The van der Waals surface area contributed by atoms with Gasteiger partial charge in [0.2, 0.25) is 5.75 Å². The van der Waals surface area contributed by atoms with Crippen LogP contribution in [0.25, 0.3) is 0 Å². The molecule has 2 bridgehead atoms. The van der Waals surface area contributed by atoms with Crippen LogP contribution in [0.3, 0.4) is 0 Å². The maximum absolute atomic E-state index is 13.5. The van der Waals surface area contributed by atoms with Gasteiger partial charge >= 0.3 is 0 Å². The Kier molecular flexibility index (Phi) is 6.50. The van der Waals surface area contributed by atoms with Gasteiger partial charge in [-0.25, -0.2) is 0 Å². The molecule has 6 heteroatoms. The van der Waals surface area contributed by atoms with Gasteiger partial charge in [-0.1, -0.05) is 13.3 Å². The third kappa shape index (κ3) is 3.83. The highest BCUT2D eigenvalue weighted by Crippen LogP contribution is 2.39. The second-order valence-corrected chi connectivity index (χ2v) is 7.71. The predicted octanol–water partition coefficient (Wildman–Crippen LogP) is 2.29. The van der Waals surface area contributed by atoms with E-state index in [2.05, 4.69) is 20.0 Å². The number of hydrogen-bond acceptors (Lipinski definition) is 4. The smallest absolute Gasteiger partial charge is 0.258 e. The Balaban J connectivity index is 1.95. The molecule has 0 aliphatic carbocycles. The van der Waals surface area contributed by atoms with E-state index in [1.807, 2.05) is 4.90 Å². The summed E-state index contributed by atoms with van der Waals surface area (Å²) < 4.78 is 16.3. The van der Waals surface area contributed by atoms with Gasteiger partial charge in [-0.3, -0.25) is 4.79 Å². The summed E-state index contributed by atoms with van der Waals surface area (Å²) in [5.74, 6) is 1.50. The van der Waals surface area contributed by atoms with Crippen LogP contribution in [0.15, 0.2) is 23.9 Å². The van der Waals surface area contributed by atoms with Crippen LogP contribution in [0, 0.1) is 0 Å². The Hall–Kier alpha value is -2.21. The lowest BCUT2D eigenvalue weighted by molar-refractivity contribution is -0.912. The quantitative estimate of drug-likeness (QED) is 0.741. The number of quaternary nitrogens is 1. The van der Waals surface area contributed by atoms with Gasteiger partial charge in [-0.05, 0) is 24.6 Å². The number of hydrogen-bond donors (Lipinski definition) is 1. The molecule has 2 heterocycles. The van der Waals surface area contributed by atoms with Crippen molar-refractivity contribution in [1.29, 1.82) is 0 Å². The van der Waals surface area contributed by atoms with Gasteiger partial charge in [0, 0.05) is 37.1 Å². The summed E-state index contributed by atoms with van der Waals surface area (Å²) in [6, 6.07) is 4.63. The van der Waals surface area contributed by atoms with Crippen LogP contribution in [0.5, 0.6) is 17.2 Å². The summed E-state index contributed by atoms with van der Waals surface area (Å²) in [6.07, 6.45) is 7.75. The van der Waals surface area contributed by atoms with E-state index < -0.39 is 0 Å². The molecule has 1 aromatic rings. The van der Waals surface area contributed by atoms with Crippen molar-refractivity contribution in [3.63, 3.8) is 0 Å². The molecule has 1 amide bonds. The van der Waals surface area contributed by atoms with E-state index in [-0.39, 0.29) is 5.91 Å². The number of methoxy groups -OCH3 is 3. The molecule has 2 aliphatic heterocycles. The molecule has 0 spiro atoms. The van der Waals surface area contributed by atoms with E-state index in [1.165, 1.54) is 18.5 Å². The fourth-order valence-electron chi connectivity index (χ4n) is 4.42. The van der Waals surface area contributed by atoms with Crippen molar-refractivity contribution in [1.82, 2.24) is 4.90 Å². The second kappa shape index (κ2) is 8.86. The number of likely N-dealkylation sites (N-methyl/N-ethyl adjacent to an activating group) is 1. The number of carbonyl (C=O) groups excluding carboxylic acids is 1. The second-order valence-electron chi connectivity index (χ2n) is 7.71. The molecule has 1 N–H and O–H groups in total. The number of amides is 1. The molecule has 154 valence electrons. The number of ether oxygens (including phenoxy) is 3. The van der Waals surface area contributed by atoms with Crippen LogP contribution in [0.4, 0.5) is 0 Å². The monoisotopic (exact) mass is 389 g/mol. The fraction of sp³-hybridized carbons (Fsp3) is 0.591. The predicted molar refractivity (Wildman–Crippen MR) is 108 cm³/mol. The first-order valence-corrected chi connectivity index (χ1v) is 10.2. The summed E-state index contributed by atoms with van der Waals surface area (Å²) in [7, 11) is 6.98. The van der Waals surface area contributed by atoms with Gasteiger partial charge in [0.25, 0.3) is 5.91 Å². The lowest BCUT2D eigenvalue weighted by Crippen LogP contribution is -3.14. The zero-order valence-electron chi connectivity index (χ0n) is 17.7. The molecule has 3 rings (SSSR count). The third-order valence-corrected chi connectivity index (χ3v) is 6.14. The summed E-state index contributed by atoms with van der Waals surface area (Å²) in [6.45, 7) is 2.88. The highest BCUT2D eigenvalue weighted by atomic mass is 16.5.